The van der Waals surface area contributed by atoms with Crippen LogP contribution in [0.15, 0.2) is 0 Å². The highest BCUT2D eigenvalue weighted by atomic mass is 14.9. The second kappa shape index (κ2) is 2.51. The molecule has 2 rings (SSSR count). The Morgan fingerprint density at radius 1 is 1.20 bits per heavy atom. The number of fused-ring (bicyclic) bond motifs is 1. The van der Waals surface area contributed by atoms with Crippen molar-refractivity contribution in [2.75, 3.05) is 13.1 Å². The Hall–Kier alpha value is -0.0800. The largest absolute Gasteiger partial charge is 0.327 e. The maximum absolute atomic E-state index is 5.98. The SMILES string of the molecule is N[C@H]1CCC[C@@H]2CNC[C@@H]21. The lowest BCUT2D eigenvalue weighted by atomic mass is 9.78. The van der Waals surface area contributed by atoms with E-state index in [0.29, 0.717) is 6.04 Å². The molecule has 0 unspecified atom stereocenters. The van der Waals surface area contributed by atoms with E-state index in [9.17, 15) is 0 Å². The van der Waals surface area contributed by atoms with Crippen LogP contribution < -0.4 is 11.1 Å². The molecule has 0 radical (unpaired) electrons. The third-order valence-electron chi connectivity index (χ3n) is 3.05. The summed E-state index contributed by atoms with van der Waals surface area (Å²) >= 11 is 0. The molecule has 3 N–H and O–H groups in total. The predicted octanol–water partition coefficient (Wildman–Crippen LogP) is 0.333. The van der Waals surface area contributed by atoms with Gasteiger partial charge in [-0.2, -0.15) is 0 Å². The Labute approximate surface area is 62.2 Å². The first-order valence-corrected chi connectivity index (χ1v) is 4.34. The smallest absolute Gasteiger partial charge is 0.00824 e. The molecule has 0 spiro atoms. The van der Waals surface area contributed by atoms with E-state index in [2.05, 4.69) is 5.32 Å². The van der Waals surface area contributed by atoms with Gasteiger partial charge in [0.15, 0.2) is 0 Å². The molecule has 1 saturated carbocycles. The molecule has 10 heavy (non-hydrogen) atoms. The maximum atomic E-state index is 5.98. The average molecular weight is 140 g/mol. The second-order valence-electron chi connectivity index (χ2n) is 3.68. The van der Waals surface area contributed by atoms with Crippen molar-refractivity contribution in [1.29, 1.82) is 0 Å². The zero-order valence-corrected chi connectivity index (χ0v) is 6.34. The van der Waals surface area contributed by atoms with E-state index in [1.54, 1.807) is 0 Å². The van der Waals surface area contributed by atoms with Gasteiger partial charge in [0.25, 0.3) is 0 Å². The lowest BCUT2D eigenvalue weighted by molar-refractivity contribution is 0.260. The number of hydrogen-bond donors (Lipinski definition) is 2. The zero-order chi connectivity index (χ0) is 6.97. The van der Waals surface area contributed by atoms with Gasteiger partial charge in [-0.25, -0.2) is 0 Å². The first-order chi connectivity index (χ1) is 4.88. The Morgan fingerprint density at radius 2 is 2.10 bits per heavy atom. The molecular formula is C8H16N2. The van der Waals surface area contributed by atoms with Crippen molar-refractivity contribution in [3.63, 3.8) is 0 Å². The predicted molar refractivity (Wildman–Crippen MR) is 41.7 cm³/mol. The quantitative estimate of drug-likeness (QED) is 0.509. The van der Waals surface area contributed by atoms with E-state index in [0.717, 1.165) is 11.8 Å². The first-order valence-electron chi connectivity index (χ1n) is 4.34. The van der Waals surface area contributed by atoms with Gasteiger partial charge in [-0.3, -0.25) is 0 Å². The minimum Gasteiger partial charge on any atom is -0.327 e. The van der Waals surface area contributed by atoms with Crippen LogP contribution in [-0.4, -0.2) is 19.1 Å². The first kappa shape index (κ1) is 6.62. The molecule has 2 heteroatoms. The average Bonchev–Trinajstić information content (AvgIpc) is 2.36. The fourth-order valence-corrected chi connectivity index (χ4v) is 2.40. The molecule has 0 amide bonds. The van der Waals surface area contributed by atoms with Gasteiger partial charge in [0.05, 0.1) is 0 Å². The molecule has 1 aliphatic carbocycles. The van der Waals surface area contributed by atoms with E-state index in [-0.39, 0.29) is 0 Å². The van der Waals surface area contributed by atoms with E-state index in [4.69, 9.17) is 5.73 Å². The van der Waals surface area contributed by atoms with Crippen LogP contribution >= 0.6 is 0 Å². The summed E-state index contributed by atoms with van der Waals surface area (Å²) in [5.41, 5.74) is 5.98. The van der Waals surface area contributed by atoms with Crippen molar-refractivity contribution in [2.45, 2.75) is 25.3 Å². The minimum atomic E-state index is 0.494. The molecule has 1 saturated heterocycles. The van der Waals surface area contributed by atoms with Gasteiger partial charge >= 0.3 is 0 Å². The highest BCUT2D eigenvalue weighted by Crippen LogP contribution is 2.31. The number of rotatable bonds is 0. The minimum absolute atomic E-state index is 0.494. The normalized spacial score (nSPS) is 47.1. The number of hydrogen-bond acceptors (Lipinski definition) is 2. The summed E-state index contributed by atoms with van der Waals surface area (Å²) in [6, 6.07) is 0.494. The van der Waals surface area contributed by atoms with Crippen LogP contribution in [0, 0.1) is 11.8 Å². The Kier molecular flexibility index (Phi) is 1.66. The van der Waals surface area contributed by atoms with E-state index in [1.807, 2.05) is 0 Å². The van der Waals surface area contributed by atoms with Crippen molar-refractivity contribution in [3.05, 3.63) is 0 Å². The molecule has 0 aromatic heterocycles. The van der Waals surface area contributed by atoms with Crippen LogP contribution in [0.4, 0.5) is 0 Å². The number of nitrogens with one attached hydrogen (secondary N) is 1. The molecule has 2 aliphatic rings. The van der Waals surface area contributed by atoms with Crippen molar-refractivity contribution < 1.29 is 0 Å². The molecule has 1 heterocycles. The maximum Gasteiger partial charge on any atom is 0.00824 e. The molecule has 2 fully saturated rings. The zero-order valence-electron chi connectivity index (χ0n) is 6.34. The summed E-state index contributed by atoms with van der Waals surface area (Å²) in [4.78, 5) is 0. The van der Waals surface area contributed by atoms with Crippen molar-refractivity contribution in [2.24, 2.45) is 17.6 Å². The number of nitrogens with two attached hydrogens (primary N) is 1. The fourth-order valence-electron chi connectivity index (χ4n) is 2.40. The third kappa shape index (κ3) is 0.956. The molecule has 0 aromatic rings. The molecule has 3 atom stereocenters. The van der Waals surface area contributed by atoms with Gasteiger partial charge in [-0.15, -0.1) is 0 Å². The van der Waals surface area contributed by atoms with E-state index < -0.39 is 0 Å². The van der Waals surface area contributed by atoms with E-state index in [1.165, 1.54) is 32.4 Å². The summed E-state index contributed by atoms with van der Waals surface area (Å²) in [6.07, 6.45) is 4.01. The second-order valence-corrected chi connectivity index (χ2v) is 3.68. The Morgan fingerprint density at radius 3 is 2.90 bits per heavy atom. The van der Waals surface area contributed by atoms with Crippen LogP contribution in [0.2, 0.25) is 0 Å². The molecule has 58 valence electrons. The summed E-state index contributed by atoms with van der Waals surface area (Å²) < 4.78 is 0. The summed E-state index contributed by atoms with van der Waals surface area (Å²) in [5, 5.41) is 3.41. The lowest BCUT2D eigenvalue weighted by Gasteiger charge is -2.29. The van der Waals surface area contributed by atoms with Gasteiger partial charge in [0, 0.05) is 6.04 Å². The summed E-state index contributed by atoms with van der Waals surface area (Å²) in [5.74, 6) is 1.71. The van der Waals surface area contributed by atoms with E-state index >= 15 is 0 Å². The van der Waals surface area contributed by atoms with Crippen LogP contribution in [0.1, 0.15) is 19.3 Å². The van der Waals surface area contributed by atoms with Gasteiger partial charge in [-0.05, 0) is 37.8 Å². The summed E-state index contributed by atoms with van der Waals surface area (Å²) in [6.45, 7) is 2.39. The Balaban J connectivity index is 2.03. The topological polar surface area (TPSA) is 38.0 Å². The standard InChI is InChI=1S/C8H16N2/c9-8-3-1-2-6-4-10-5-7(6)8/h6-8,10H,1-5,9H2/t6-,7+,8+/m1/s1. The lowest BCUT2D eigenvalue weighted by Crippen LogP contribution is -2.38. The molecule has 0 aromatic carbocycles. The van der Waals surface area contributed by atoms with Crippen molar-refractivity contribution >= 4 is 0 Å². The van der Waals surface area contributed by atoms with Crippen LogP contribution in [0.5, 0.6) is 0 Å². The molecule has 2 nitrogen and oxygen atoms in total. The monoisotopic (exact) mass is 140 g/mol. The summed E-state index contributed by atoms with van der Waals surface area (Å²) in [7, 11) is 0. The third-order valence-corrected chi connectivity index (χ3v) is 3.05. The van der Waals surface area contributed by atoms with Crippen LogP contribution in [-0.2, 0) is 0 Å². The molecule has 0 bridgehead atoms. The Bertz CT molecular complexity index is 124. The highest BCUT2D eigenvalue weighted by Gasteiger charge is 2.34. The molecule has 1 aliphatic heterocycles. The van der Waals surface area contributed by atoms with Crippen molar-refractivity contribution in [3.8, 4) is 0 Å². The van der Waals surface area contributed by atoms with Crippen LogP contribution in [0.25, 0.3) is 0 Å². The highest BCUT2D eigenvalue weighted by molar-refractivity contribution is 4.91. The van der Waals surface area contributed by atoms with Gasteiger partial charge in [0.2, 0.25) is 0 Å². The fraction of sp³-hybridized carbons (Fsp3) is 1.00. The van der Waals surface area contributed by atoms with Gasteiger partial charge < -0.3 is 11.1 Å². The molecular weight excluding hydrogens is 124 g/mol. The van der Waals surface area contributed by atoms with Crippen LogP contribution in [0.3, 0.4) is 0 Å². The van der Waals surface area contributed by atoms with Gasteiger partial charge in [0.1, 0.15) is 0 Å². The van der Waals surface area contributed by atoms with Gasteiger partial charge in [-0.1, -0.05) is 6.42 Å². The van der Waals surface area contributed by atoms with Crippen molar-refractivity contribution in [1.82, 2.24) is 5.32 Å².